The minimum absolute atomic E-state index is 0.000779. The van der Waals surface area contributed by atoms with Crippen molar-refractivity contribution >= 4 is 16.7 Å². The fourth-order valence-corrected chi connectivity index (χ4v) is 2.16. The van der Waals surface area contributed by atoms with E-state index in [0.717, 1.165) is 12.8 Å². The molecule has 0 heterocycles. The Morgan fingerprint density at radius 2 is 1.75 bits per heavy atom. The molecule has 20 heavy (non-hydrogen) atoms. The van der Waals surface area contributed by atoms with Gasteiger partial charge in [-0.2, -0.15) is 0 Å². The zero-order chi connectivity index (χ0) is 14.7. The lowest BCUT2D eigenvalue weighted by molar-refractivity contribution is 0.0495. The van der Waals surface area contributed by atoms with Gasteiger partial charge in [-0.3, -0.25) is 0 Å². The van der Waals surface area contributed by atoms with Gasteiger partial charge in [0.25, 0.3) is 0 Å². The molecule has 0 saturated carbocycles. The van der Waals surface area contributed by atoms with Crippen LogP contribution < -0.4 is 0 Å². The third kappa shape index (κ3) is 2.41. The summed E-state index contributed by atoms with van der Waals surface area (Å²) in [5.74, 6) is -0.743. The molecule has 0 amide bonds. The molecular weight excluding hydrogens is 256 g/mol. The number of phenols is 2. The van der Waals surface area contributed by atoms with Crippen LogP contribution in [0.1, 0.15) is 35.7 Å². The van der Waals surface area contributed by atoms with Gasteiger partial charge in [0.1, 0.15) is 17.1 Å². The second kappa shape index (κ2) is 5.82. The minimum Gasteiger partial charge on any atom is -0.507 e. The quantitative estimate of drug-likeness (QED) is 0.508. The summed E-state index contributed by atoms with van der Waals surface area (Å²) in [5.41, 5.74) is 0.375. The molecule has 106 valence electrons. The maximum absolute atomic E-state index is 12.1. The fourth-order valence-electron chi connectivity index (χ4n) is 2.16. The van der Waals surface area contributed by atoms with E-state index >= 15 is 0 Å². The zero-order valence-corrected chi connectivity index (χ0v) is 11.6. The van der Waals surface area contributed by atoms with E-state index in [-0.39, 0.29) is 17.1 Å². The van der Waals surface area contributed by atoms with Crippen LogP contribution >= 0.6 is 0 Å². The first-order chi connectivity index (χ1) is 9.57. The van der Waals surface area contributed by atoms with Crippen LogP contribution in [-0.4, -0.2) is 22.8 Å². The third-order valence-electron chi connectivity index (χ3n) is 3.34. The second-order valence-electron chi connectivity index (χ2n) is 4.73. The van der Waals surface area contributed by atoms with Crippen molar-refractivity contribution in [1.82, 2.24) is 0 Å². The van der Waals surface area contributed by atoms with E-state index in [2.05, 4.69) is 0 Å². The Bertz CT molecular complexity index is 646. The summed E-state index contributed by atoms with van der Waals surface area (Å²) in [6.45, 7) is 3.90. The van der Waals surface area contributed by atoms with Gasteiger partial charge in [0.05, 0.1) is 6.61 Å². The standard InChI is InChI=1S/C16H18O4/c1-3-4-9-20-16(19)13-10(2)14(17)11-7-5-6-8-12(11)15(13)18/h5-8,17-18H,3-4,9H2,1-2H3. The lowest BCUT2D eigenvalue weighted by atomic mass is 9.99. The number of hydrogen-bond donors (Lipinski definition) is 2. The number of unbranched alkanes of at least 4 members (excludes halogenated alkanes) is 1. The predicted octanol–water partition coefficient (Wildman–Crippen LogP) is 3.52. The first kappa shape index (κ1) is 14.2. The van der Waals surface area contributed by atoms with Crippen molar-refractivity contribution < 1.29 is 19.7 Å². The molecule has 0 bridgehead atoms. The maximum Gasteiger partial charge on any atom is 0.342 e. The van der Waals surface area contributed by atoms with Crippen LogP contribution in [0.15, 0.2) is 24.3 Å². The van der Waals surface area contributed by atoms with Crippen molar-refractivity contribution in [2.24, 2.45) is 0 Å². The molecule has 0 radical (unpaired) electrons. The molecule has 0 aromatic heterocycles. The topological polar surface area (TPSA) is 66.8 Å². The Morgan fingerprint density at radius 1 is 1.15 bits per heavy atom. The normalized spacial score (nSPS) is 10.7. The summed E-state index contributed by atoms with van der Waals surface area (Å²) in [6, 6.07) is 6.86. The average molecular weight is 274 g/mol. The second-order valence-corrected chi connectivity index (χ2v) is 4.73. The lowest BCUT2D eigenvalue weighted by Crippen LogP contribution is -2.09. The lowest BCUT2D eigenvalue weighted by Gasteiger charge is -2.13. The number of fused-ring (bicyclic) bond motifs is 1. The van der Waals surface area contributed by atoms with Crippen molar-refractivity contribution in [2.45, 2.75) is 26.7 Å². The highest BCUT2D eigenvalue weighted by atomic mass is 16.5. The SMILES string of the molecule is CCCCOC(=O)c1c(C)c(O)c2ccccc2c1O. The molecule has 0 unspecified atom stereocenters. The van der Waals surface area contributed by atoms with Crippen molar-refractivity contribution in [2.75, 3.05) is 6.61 Å². The van der Waals surface area contributed by atoms with Crippen LogP contribution in [0, 0.1) is 6.92 Å². The molecule has 4 heteroatoms. The number of rotatable bonds is 4. The highest BCUT2D eigenvalue weighted by Gasteiger charge is 2.22. The number of ether oxygens (including phenoxy) is 1. The van der Waals surface area contributed by atoms with E-state index in [9.17, 15) is 15.0 Å². The van der Waals surface area contributed by atoms with Gasteiger partial charge in [0.2, 0.25) is 0 Å². The molecule has 2 rings (SSSR count). The zero-order valence-electron chi connectivity index (χ0n) is 11.6. The minimum atomic E-state index is -0.602. The fraction of sp³-hybridized carbons (Fsp3) is 0.312. The van der Waals surface area contributed by atoms with E-state index in [1.165, 1.54) is 0 Å². The summed E-state index contributed by atoms with van der Waals surface area (Å²) >= 11 is 0. The number of carbonyl (C=O) groups excluding carboxylic acids is 1. The van der Waals surface area contributed by atoms with E-state index in [4.69, 9.17) is 4.74 Å². The maximum atomic E-state index is 12.1. The first-order valence-electron chi connectivity index (χ1n) is 6.68. The van der Waals surface area contributed by atoms with E-state index in [1.54, 1.807) is 31.2 Å². The van der Waals surface area contributed by atoms with Crippen molar-refractivity contribution in [1.29, 1.82) is 0 Å². The van der Waals surface area contributed by atoms with Crippen molar-refractivity contribution in [3.05, 3.63) is 35.4 Å². The molecule has 0 aliphatic heterocycles. The Kier molecular flexibility index (Phi) is 4.13. The molecule has 0 spiro atoms. The van der Waals surface area contributed by atoms with Crippen LogP contribution in [0.4, 0.5) is 0 Å². The van der Waals surface area contributed by atoms with Gasteiger partial charge in [0.15, 0.2) is 0 Å². The highest BCUT2D eigenvalue weighted by Crippen LogP contribution is 2.39. The first-order valence-corrected chi connectivity index (χ1v) is 6.68. The van der Waals surface area contributed by atoms with E-state index < -0.39 is 5.97 Å². The van der Waals surface area contributed by atoms with E-state index in [1.807, 2.05) is 6.92 Å². The Balaban J connectivity index is 2.50. The number of esters is 1. The van der Waals surface area contributed by atoms with Crippen LogP contribution in [0.25, 0.3) is 10.8 Å². The molecule has 2 aromatic carbocycles. The van der Waals surface area contributed by atoms with Crippen molar-refractivity contribution in [3.8, 4) is 11.5 Å². The molecule has 2 aromatic rings. The van der Waals surface area contributed by atoms with Gasteiger partial charge in [0, 0.05) is 16.3 Å². The smallest absolute Gasteiger partial charge is 0.342 e. The van der Waals surface area contributed by atoms with E-state index in [0.29, 0.717) is 22.9 Å². The summed E-state index contributed by atoms with van der Waals surface area (Å²) < 4.78 is 5.12. The monoisotopic (exact) mass is 274 g/mol. The molecule has 2 N–H and O–H groups in total. The highest BCUT2D eigenvalue weighted by molar-refractivity contribution is 6.05. The predicted molar refractivity (Wildman–Crippen MR) is 77.2 cm³/mol. The molecule has 0 saturated heterocycles. The molecule has 4 nitrogen and oxygen atoms in total. The molecule has 0 aliphatic rings. The largest absolute Gasteiger partial charge is 0.507 e. The number of carbonyl (C=O) groups is 1. The Hall–Kier alpha value is -2.23. The van der Waals surface area contributed by atoms with Crippen LogP contribution in [0.2, 0.25) is 0 Å². The van der Waals surface area contributed by atoms with Gasteiger partial charge in [-0.25, -0.2) is 4.79 Å². The van der Waals surface area contributed by atoms with Crippen LogP contribution in [0.5, 0.6) is 11.5 Å². The summed E-state index contributed by atoms with van der Waals surface area (Å²) in [4.78, 5) is 12.1. The third-order valence-corrected chi connectivity index (χ3v) is 3.34. The van der Waals surface area contributed by atoms with Gasteiger partial charge in [-0.05, 0) is 13.3 Å². The van der Waals surface area contributed by atoms with Crippen LogP contribution in [0.3, 0.4) is 0 Å². The Morgan fingerprint density at radius 3 is 2.35 bits per heavy atom. The van der Waals surface area contributed by atoms with Gasteiger partial charge >= 0.3 is 5.97 Å². The van der Waals surface area contributed by atoms with Gasteiger partial charge in [-0.15, -0.1) is 0 Å². The number of hydrogen-bond acceptors (Lipinski definition) is 4. The molecule has 0 aliphatic carbocycles. The van der Waals surface area contributed by atoms with Gasteiger partial charge < -0.3 is 14.9 Å². The number of aromatic hydroxyl groups is 2. The summed E-state index contributed by atoms with van der Waals surface area (Å²) in [5, 5.41) is 21.4. The average Bonchev–Trinajstić information content (AvgIpc) is 2.45. The molecular formula is C16H18O4. The Labute approximate surface area is 117 Å². The number of benzene rings is 2. The number of phenolic OH excluding ortho intramolecular Hbond substituents is 2. The van der Waals surface area contributed by atoms with Crippen molar-refractivity contribution in [3.63, 3.8) is 0 Å². The van der Waals surface area contributed by atoms with Gasteiger partial charge in [-0.1, -0.05) is 37.6 Å². The molecule has 0 fully saturated rings. The molecule has 0 atom stereocenters. The summed E-state index contributed by atoms with van der Waals surface area (Å²) in [7, 11) is 0. The van der Waals surface area contributed by atoms with Crippen LogP contribution in [-0.2, 0) is 4.74 Å². The summed E-state index contributed by atoms with van der Waals surface area (Å²) in [6.07, 6.45) is 1.69.